The van der Waals surface area contributed by atoms with E-state index in [4.69, 9.17) is 4.74 Å². The number of hydrogen-bond donors (Lipinski definition) is 1. The highest BCUT2D eigenvalue weighted by Crippen LogP contribution is 2.40. The number of aromatic nitrogens is 6. The van der Waals surface area contributed by atoms with E-state index in [0.29, 0.717) is 48.4 Å². The molecule has 0 bridgehead atoms. The maximum Gasteiger partial charge on any atom is 0.416 e. The third kappa shape index (κ3) is 4.09. The van der Waals surface area contributed by atoms with E-state index in [0.717, 1.165) is 11.8 Å². The van der Waals surface area contributed by atoms with Gasteiger partial charge in [0, 0.05) is 24.2 Å². The third-order valence-corrected chi connectivity index (χ3v) is 5.81. The molecule has 0 saturated heterocycles. The van der Waals surface area contributed by atoms with E-state index in [1.165, 1.54) is 12.1 Å². The fraction of sp³-hybridized carbons (Fsp3) is 0.304. The number of methoxy groups -OCH3 is 1. The lowest BCUT2D eigenvalue weighted by molar-refractivity contribution is -0.138. The number of halogens is 3. The molecule has 0 spiro atoms. The van der Waals surface area contributed by atoms with Crippen LogP contribution in [0.2, 0.25) is 0 Å². The van der Waals surface area contributed by atoms with E-state index < -0.39 is 17.7 Å². The predicted molar refractivity (Wildman–Crippen MR) is 118 cm³/mol. The molecule has 0 fully saturated rings. The van der Waals surface area contributed by atoms with Crippen LogP contribution in [0.1, 0.15) is 41.5 Å². The molecule has 2 aromatic carbocycles. The van der Waals surface area contributed by atoms with Gasteiger partial charge in [0.25, 0.3) is 0 Å². The van der Waals surface area contributed by atoms with Gasteiger partial charge >= 0.3 is 6.18 Å². The van der Waals surface area contributed by atoms with Gasteiger partial charge in [-0.25, -0.2) is 14.3 Å². The highest BCUT2D eigenvalue weighted by Gasteiger charge is 2.37. The van der Waals surface area contributed by atoms with Crippen LogP contribution >= 0.6 is 0 Å². The molecule has 0 amide bonds. The molecule has 0 radical (unpaired) electrons. The van der Waals surface area contributed by atoms with Crippen molar-refractivity contribution in [3.63, 3.8) is 0 Å². The summed E-state index contributed by atoms with van der Waals surface area (Å²) in [4.78, 5) is 8.71. The fourth-order valence-corrected chi connectivity index (χ4v) is 4.29. The summed E-state index contributed by atoms with van der Waals surface area (Å²) in [5, 5.41) is 11.9. The van der Waals surface area contributed by atoms with E-state index in [2.05, 4.69) is 25.5 Å². The molecule has 2 aromatic heterocycles. The van der Waals surface area contributed by atoms with Crippen molar-refractivity contribution in [2.45, 2.75) is 38.4 Å². The first-order valence-electron chi connectivity index (χ1n) is 10.8. The summed E-state index contributed by atoms with van der Waals surface area (Å²) in [5.74, 6) is 1.56. The molecule has 0 saturated carbocycles. The summed E-state index contributed by atoms with van der Waals surface area (Å²) in [5.41, 5.74) is 0.987. The first kappa shape index (κ1) is 21.9. The average Bonchev–Trinajstić information content (AvgIpc) is 3.43. The maximum atomic E-state index is 13.6. The molecule has 1 N–H and O–H groups in total. The zero-order chi connectivity index (χ0) is 23.9. The van der Waals surface area contributed by atoms with Crippen molar-refractivity contribution < 1.29 is 17.9 Å². The van der Waals surface area contributed by atoms with Crippen molar-refractivity contribution in [3.05, 3.63) is 71.6 Å². The van der Waals surface area contributed by atoms with Gasteiger partial charge in [-0.2, -0.15) is 23.3 Å². The summed E-state index contributed by atoms with van der Waals surface area (Å²) in [7, 11) is 1.56. The lowest BCUT2D eigenvalue weighted by Gasteiger charge is -2.25. The van der Waals surface area contributed by atoms with Gasteiger partial charge in [-0.05, 0) is 43.5 Å². The Bertz CT molecular complexity index is 1330. The number of rotatable bonds is 5. The van der Waals surface area contributed by atoms with Crippen molar-refractivity contribution in [2.24, 2.45) is 0 Å². The molecular weight excluding hydrogens is 447 g/mol. The largest absolute Gasteiger partial charge is 0.494 e. The molecular formula is C23H22F3N7O. The molecule has 11 heteroatoms. The van der Waals surface area contributed by atoms with Crippen LogP contribution in [0.5, 0.6) is 5.75 Å². The molecule has 1 atom stereocenters. The van der Waals surface area contributed by atoms with Crippen LogP contribution in [-0.4, -0.2) is 36.6 Å². The smallest absolute Gasteiger partial charge is 0.416 e. The van der Waals surface area contributed by atoms with Crippen molar-refractivity contribution in [1.29, 1.82) is 0 Å². The predicted octanol–water partition coefficient (Wildman–Crippen LogP) is 4.86. The number of nitrogens with one attached hydrogen (secondary N) is 1. The summed E-state index contributed by atoms with van der Waals surface area (Å²) in [6, 6.07) is 11.1. The van der Waals surface area contributed by atoms with Gasteiger partial charge < -0.3 is 10.1 Å². The summed E-state index contributed by atoms with van der Waals surface area (Å²) < 4.78 is 49.7. The maximum absolute atomic E-state index is 13.6. The van der Waals surface area contributed by atoms with Gasteiger partial charge in [-0.15, -0.1) is 5.10 Å². The lowest BCUT2D eigenvalue weighted by atomic mass is 9.88. The normalized spacial score (nSPS) is 15.7. The van der Waals surface area contributed by atoms with E-state index >= 15 is 0 Å². The molecule has 34 heavy (non-hydrogen) atoms. The number of fused-ring (bicyclic) bond motifs is 1. The number of benzene rings is 2. The minimum Gasteiger partial charge on any atom is -0.494 e. The zero-order valence-electron chi connectivity index (χ0n) is 18.5. The molecule has 5 rings (SSSR count). The Balaban J connectivity index is 1.45. The average molecular weight is 469 g/mol. The second-order valence-electron chi connectivity index (χ2n) is 8.04. The van der Waals surface area contributed by atoms with Gasteiger partial charge in [0.2, 0.25) is 5.95 Å². The van der Waals surface area contributed by atoms with Crippen LogP contribution < -0.4 is 10.1 Å². The SMILES string of the molecule is COc1cc(Nc2nc3n(n2)CCCC3c2ccccc2C(F)(F)F)ccc1-n1cnc(C)n1. The second-order valence-corrected chi connectivity index (χ2v) is 8.04. The van der Waals surface area contributed by atoms with Gasteiger partial charge in [-0.3, -0.25) is 0 Å². The highest BCUT2D eigenvalue weighted by atomic mass is 19.4. The molecule has 4 aromatic rings. The Hall–Kier alpha value is -3.89. The Morgan fingerprint density at radius 1 is 1.12 bits per heavy atom. The number of nitrogens with zero attached hydrogens (tertiary/aromatic N) is 6. The van der Waals surface area contributed by atoms with Crippen molar-refractivity contribution >= 4 is 11.6 Å². The molecule has 1 aliphatic rings. The van der Waals surface area contributed by atoms with Crippen LogP contribution in [0, 0.1) is 6.92 Å². The summed E-state index contributed by atoms with van der Waals surface area (Å²) >= 11 is 0. The van der Waals surface area contributed by atoms with E-state index in [9.17, 15) is 13.2 Å². The van der Waals surface area contributed by atoms with E-state index in [1.54, 1.807) is 41.9 Å². The van der Waals surface area contributed by atoms with E-state index in [-0.39, 0.29) is 5.56 Å². The van der Waals surface area contributed by atoms with Gasteiger partial charge in [0.15, 0.2) is 0 Å². The monoisotopic (exact) mass is 469 g/mol. The fourth-order valence-electron chi connectivity index (χ4n) is 4.29. The minimum absolute atomic E-state index is 0.226. The Morgan fingerprint density at radius 3 is 2.68 bits per heavy atom. The molecule has 176 valence electrons. The number of alkyl halides is 3. The second kappa shape index (κ2) is 8.47. The van der Waals surface area contributed by atoms with Crippen LogP contribution in [0.25, 0.3) is 5.69 Å². The number of hydrogen-bond acceptors (Lipinski definition) is 6. The zero-order valence-corrected chi connectivity index (χ0v) is 18.5. The number of aryl methyl sites for hydroxylation is 2. The van der Waals surface area contributed by atoms with Crippen LogP contribution in [-0.2, 0) is 12.7 Å². The van der Waals surface area contributed by atoms with E-state index in [1.807, 2.05) is 12.1 Å². The molecule has 8 nitrogen and oxygen atoms in total. The van der Waals surface area contributed by atoms with Crippen LogP contribution in [0.4, 0.5) is 24.8 Å². The molecule has 1 unspecified atom stereocenters. The summed E-state index contributed by atoms with van der Waals surface area (Å²) in [6.07, 6.45) is -1.54. The Labute approximate surface area is 193 Å². The van der Waals surface area contributed by atoms with Crippen molar-refractivity contribution in [3.8, 4) is 11.4 Å². The minimum atomic E-state index is -4.43. The molecule has 1 aliphatic heterocycles. The molecule has 3 heterocycles. The van der Waals surface area contributed by atoms with Crippen LogP contribution in [0.3, 0.4) is 0 Å². The third-order valence-electron chi connectivity index (χ3n) is 5.81. The number of anilines is 2. The number of ether oxygens (including phenoxy) is 1. The Morgan fingerprint density at radius 2 is 1.94 bits per heavy atom. The van der Waals surface area contributed by atoms with Crippen molar-refractivity contribution in [1.82, 2.24) is 29.5 Å². The highest BCUT2D eigenvalue weighted by molar-refractivity contribution is 5.61. The first-order valence-corrected chi connectivity index (χ1v) is 10.8. The van der Waals surface area contributed by atoms with Crippen molar-refractivity contribution in [2.75, 3.05) is 12.4 Å². The standard InChI is InChI=1S/C23H22F3N7O/c1-14-27-13-33(30-14)19-10-9-15(12-20(19)34-2)28-22-29-21-17(7-5-11-32(21)31-22)16-6-3-4-8-18(16)23(24,25)26/h3-4,6,8-10,12-13,17H,5,7,11H2,1-2H3,(H,28,31). The Kier molecular flexibility index (Phi) is 5.46. The first-order chi connectivity index (χ1) is 16.3. The molecule has 0 aliphatic carbocycles. The van der Waals surface area contributed by atoms with Gasteiger partial charge in [0.05, 0.1) is 12.7 Å². The topological polar surface area (TPSA) is 82.7 Å². The summed E-state index contributed by atoms with van der Waals surface area (Å²) in [6.45, 7) is 2.40. The quantitative estimate of drug-likeness (QED) is 0.449. The van der Waals surface area contributed by atoms with Gasteiger partial charge in [-0.1, -0.05) is 18.2 Å². The lowest BCUT2D eigenvalue weighted by Crippen LogP contribution is -2.21. The van der Waals surface area contributed by atoms with Crippen LogP contribution in [0.15, 0.2) is 48.8 Å². The van der Waals surface area contributed by atoms with Gasteiger partial charge in [0.1, 0.15) is 29.4 Å².